The average molecular weight is 569 g/mol. The lowest BCUT2D eigenvalue weighted by Crippen LogP contribution is -1.96. The van der Waals surface area contributed by atoms with Gasteiger partial charge in [-0.3, -0.25) is 4.57 Å². The van der Waals surface area contributed by atoms with Gasteiger partial charge in [0.05, 0.1) is 29.8 Å². The molecule has 1 aromatic heterocycles. The molecule has 0 saturated carbocycles. The number of nitrogens with one attached hydrogen (secondary N) is 1. The number of nitrogens with zero attached hydrogens (tertiary/aromatic N) is 1. The minimum atomic E-state index is -3.97. The lowest BCUT2D eigenvalue weighted by atomic mass is 10.00. The Balaban J connectivity index is 1.26. The maximum absolute atomic E-state index is 13.9. The molecule has 10 heteroatoms. The summed E-state index contributed by atoms with van der Waals surface area (Å²) in [4.78, 5) is 17.9. The molecule has 5 rings (SSSR count). The van der Waals surface area contributed by atoms with E-state index in [1.165, 1.54) is 19.2 Å². The van der Waals surface area contributed by atoms with E-state index in [0.717, 1.165) is 34.0 Å². The molecular weight excluding hydrogens is 546 g/mol. The summed E-state index contributed by atoms with van der Waals surface area (Å²) in [6, 6.07) is 26.2. The number of hydrogen-bond acceptors (Lipinski definition) is 5. The Morgan fingerprint density at radius 3 is 2.42 bits per heavy atom. The van der Waals surface area contributed by atoms with Crippen molar-refractivity contribution in [1.29, 1.82) is 0 Å². The highest BCUT2D eigenvalue weighted by molar-refractivity contribution is 8.04. The number of methoxy groups -OCH3 is 1. The van der Waals surface area contributed by atoms with Crippen molar-refractivity contribution in [3.8, 4) is 28.0 Å². The largest absolute Gasteiger partial charge is 0.494 e. The predicted octanol–water partition coefficient (Wildman–Crippen LogP) is 8.15. The molecule has 2 N–H and O–H groups in total. The minimum absolute atomic E-state index is 0.0915. The van der Waals surface area contributed by atoms with Crippen molar-refractivity contribution in [2.45, 2.75) is 11.8 Å². The minimum Gasteiger partial charge on any atom is -0.494 e. The number of benzene rings is 4. The van der Waals surface area contributed by atoms with Gasteiger partial charge in [-0.1, -0.05) is 84.0 Å². The van der Waals surface area contributed by atoms with E-state index in [1.807, 2.05) is 36.4 Å². The molecule has 1 unspecified atom stereocenters. The van der Waals surface area contributed by atoms with Gasteiger partial charge in [0.1, 0.15) is 5.49 Å². The number of hydrogen-bond donors (Lipinski definition) is 2. The van der Waals surface area contributed by atoms with Crippen LogP contribution in [0, 0.1) is 5.82 Å². The van der Waals surface area contributed by atoms with Crippen molar-refractivity contribution < 1.29 is 23.1 Å². The number of imidazole rings is 1. The third kappa shape index (κ3) is 6.12. The van der Waals surface area contributed by atoms with Gasteiger partial charge in [0.25, 0.3) is 0 Å². The van der Waals surface area contributed by atoms with Crippen LogP contribution in [0.5, 0.6) is 5.75 Å². The first-order valence-electron chi connectivity index (χ1n) is 11.6. The summed E-state index contributed by atoms with van der Waals surface area (Å²) in [7, 11) is -2.61. The first kappa shape index (κ1) is 26.5. The van der Waals surface area contributed by atoms with E-state index in [9.17, 15) is 13.8 Å². The third-order valence-corrected chi connectivity index (χ3v) is 9.00. The molecule has 0 bridgehead atoms. The standard InChI is InChI=1S/C28H23ClFN2O4PS/c1-35-27-12-7-18(13-24(27)30)16-36-37(33,34)17-38-28-31-25-14-22(23(29)15-26(25)32-28)21-10-8-20(9-11-21)19-5-3-2-4-6-19/h2-15H,16-17H2,1H3,(H,31,32)(H,33,34). The van der Waals surface area contributed by atoms with E-state index in [4.69, 9.17) is 20.9 Å². The Hall–Kier alpha value is -3.13. The van der Waals surface area contributed by atoms with Gasteiger partial charge in [-0.15, -0.1) is 0 Å². The number of H-pyrrole nitrogens is 1. The molecule has 1 atom stereocenters. The molecule has 0 spiro atoms. The fraction of sp³-hybridized carbons (Fsp3) is 0.107. The van der Waals surface area contributed by atoms with Crippen LogP contribution < -0.4 is 4.74 Å². The van der Waals surface area contributed by atoms with Crippen LogP contribution in [-0.4, -0.2) is 27.5 Å². The zero-order valence-corrected chi connectivity index (χ0v) is 22.7. The van der Waals surface area contributed by atoms with Crippen LogP contribution in [0.15, 0.2) is 90.1 Å². The van der Waals surface area contributed by atoms with Crippen molar-refractivity contribution >= 4 is 42.0 Å². The van der Waals surface area contributed by atoms with Crippen molar-refractivity contribution in [2.75, 3.05) is 12.6 Å². The second-order valence-corrected chi connectivity index (χ2v) is 12.1. The molecule has 0 saturated heterocycles. The molecule has 0 aliphatic heterocycles. The van der Waals surface area contributed by atoms with Crippen LogP contribution in [0.25, 0.3) is 33.3 Å². The number of rotatable bonds is 9. The molecule has 5 aromatic rings. The average Bonchev–Trinajstić information content (AvgIpc) is 3.33. The summed E-state index contributed by atoms with van der Waals surface area (Å²) < 4.78 is 36.5. The van der Waals surface area contributed by atoms with E-state index in [-0.39, 0.29) is 17.9 Å². The van der Waals surface area contributed by atoms with Gasteiger partial charge >= 0.3 is 7.60 Å². The molecule has 1 heterocycles. The Morgan fingerprint density at radius 2 is 1.71 bits per heavy atom. The van der Waals surface area contributed by atoms with Crippen LogP contribution >= 0.6 is 31.0 Å². The molecule has 0 radical (unpaired) electrons. The Morgan fingerprint density at radius 1 is 1.00 bits per heavy atom. The Labute approximate surface area is 228 Å². The van der Waals surface area contributed by atoms with Crippen LogP contribution in [0.2, 0.25) is 5.02 Å². The van der Waals surface area contributed by atoms with Crippen molar-refractivity contribution in [1.82, 2.24) is 9.97 Å². The van der Waals surface area contributed by atoms with Gasteiger partial charge < -0.3 is 19.1 Å². The van der Waals surface area contributed by atoms with Crippen LogP contribution in [0.1, 0.15) is 5.56 Å². The summed E-state index contributed by atoms with van der Waals surface area (Å²) >= 11 is 7.65. The van der Waals surface area contributed by atoms with Gasteiger partial charge in [0, 0.05) is 5.56 Å². The van der Waals surface area contributed by atoms with Crippen LogP contribution in [0.3, 0.4) is 0 Å². The van der Waals surface area contributed by atoms with E-state index in [1.54, 1.807) is 12.1 Å². The lowest BCUT2D eigenvalue weighted by molar-refractivity contribution is 0.253. The second kappa shape index (κ2) is 11.3. The molecule has 194 valence electrons. The third-order valence-electron chi connectivity index (χ3n) is 5.87. The number of aromatic amines is 1. The van der Waals surface area contributed by atoms with Gasteiger partial charge in [-0.25, -0.2) is 9.37 Å². The number of aromatic nitrogens is 2. The first-order valence-corrected chi connectivity index (χ1v) is 14.7. The normalized spacial score (nSPS) is 12.9. The summed E-state index contributed by atoms with van der Waals surface area (Å²) in [5, 5.41) is 1.02. The van der Waals surface area contributed by atoms with E-state index in [2.05, 4.69) is 34.2 Å². The van der Waals surface area contributed by atoms with E-state index >= 15 is 0 Å². The molecular formula is C28H23ClFN2O4PS. The highest BCUT2D eigenvalue weighted by atomic mass is 35.5. The Kier molecular flexibility index (Phi) is 7.88. The molecule has 0 aliphatic carbocycles. The van der Waals surface area contributed by atoms with Gasteiger partial charge in [0.15, 0.2) is 16.7 Å². The van der Waals surface area contributed by atoms with E-state index < -0.39 is 13.4 Å². The molecule has 38 heavy (non-hydrogen) atoms. The number of ether oxygens (including phenoxy) is 1. The fourth-order valence-corrected chi connectivity index (χ4v) is 6.33. The lowest BCUT2D eigenvalue weighted by Gasteiger charge is -2.11. The number of halogens is 2. The monoisotopic (exact) mass is 568 g/mol. The SMILES string of the molecule is COc1ccc(COP(=O)(O)CSc2nc3cc(-c4ccc(-c5ccccc5)cc4)c(Cl)cc3[nH]2)cc1F. The maximum atomic E-state index is 13.9. The maximum Gasteiger partial charge on any atom is 0.338 e. The first-order chi connectivity index (χ1) is 18.3. The number of fused-ring (bicyclic) bond motifs is 1. The molecule has 0 aliphatic rings. The fourth-order valence-electron chi connectivity index (χ4n) is 3.92. The van der Waals surface area contributed by atoms with Gasteiger partial charge in [-0.2, -0.15) is 0 Å². The molecule has 4 aromatic carbocycles. The second-order valence-electron chi connectivity index (χ2n) is 8.49. The van der Waals surface area contributed by atoms with Crippen molar-refractivity contribution in [3.05, 3.63) is 101 Å². The zero-order valence-electron chi connectivity index (χ0n) is 20.2. The van der Waals surface area contributed by atoms with Crippen molar-refractivity contribution in [3.63, 3.8) is 0 Å². The topological polar surface area (TPSA) is 84.4 Å². The summed E-state index contributed by atoms with van der Waals surface area (Å²) in [6.07, 6.45) is 0. The van der Waals surface area contributed by atoms with Crippen LogP contribution in [0.4, 0.5) is 4.39 Å². The van der Waals surface area contributed by atoms with Gasteiger partial charge in [0.2, 0.25) is 0 Å². The van der Waals surface area contributed by atoms with Crippen LogP contribution in [-0.2, 0) is 15.7 Å². The molecule has 6 nitrogen and oxygen atoms in total. The smallest absolute Gasteiger partial charge is 0.338 e. The number of thioether (sulfide) groups is 1. The van der Waals surface area contributed by atoms with E-state index in [0.29, 0.717) is 26.8 Å². The predicted molar refractivity (Wildman–Crippen MR) is 150 cm³/mol. The van der Waals surface area contributed by atoms with Gasteiger partial charge in [-0.05, 0) is 46.5 Å². The highest BCUT2D eigenvalue weighted by Gasteiger charge is 2.22. The zero-order chi connectivity index (χ0) is 26.7. The molecule has 0 amide bonds. The Bertz CT molecular complexity index is 1630. The molecule has 0 fully saturated rings. The summed E-state index contributed by atoms with van der Waals surface area (Å²) in [6.45, 7) is -0.211. The quantitative estimate of drug-likeness (QED) is 0.138. The highest BCUT2D eigenvalue weighted by Crippen LogP contribution is 2.47. The summed E-state index contributed by atoms with van der Waals surface area (Å²) in [5.74, 6) is -0.475. The summed E-state index contributed by atoms with van der Waals surface area (Å²) in [5.41, 5.74) is 5.62. The van der Waals surface area contributed by atoms with Crippen molar-refractivity contribution in [2.24, 2.45) is 0 Å².